The normalized spacial score (nSPS) is 12.0. The first-order valence-corrected chi connectivity index (χ1v) is 5.25. The lowest BCUT2D eigenvalue weighted by Crippen LogP contribution is -2.14. The fourth-order valence-corrected chi connectivity index (χ4v) is 1.60. The molecule has 0 aliphatic rings. The maximum absolute atomic E-state index is 5.67. The first kappa shape index (κ1) is 10.1. The number of thiophene rings is 1. The summed E-state index contributed by atoms with van der Waals surface area (Å²) in [6.45, 7) is 1.46. The van der Waals surface area contributed by atoms with Gasteiger partial charge in [0.05, 0.1) is 0 Å². The van der Waals surface area contributed by atoms with Crippen LogP contribution in [0, 0.1) is 0 Å². The molecule has 1 nitrogen and oxygen atoms in total. The topological polar surface area (TPSA) is 12.0 Å². The number of halogens is 2. The van der Waals surface area contributed by atoms with Gasteiger partial charge in [-0.05, 0) is 22.4 Å². The first-order valence-electron chi connectivity index (χ1n) is 3.49. The number of hydrogen-bond donors (Lipinski definition) is 1. The molecule has 66 valence electrons. The van der Waals surface area contributed by atoms with E-state index in [1.165, 1.54) is 11.1 Å². The molecule has 0 radical (unpaired) electrons. The van der Waals surface area contributed by atoms with Crippen LogP contribution in [0.3, 0.4) is 0 Å². The van der Waals surface area contributed by atoms with Gasteiger partial charge in [-0.3, -0.25) is 0 Å². The minimum Gasteiger partial charge on any atom is -0.308 e. The lowest BCUT2D eigenvalue weighted by atomic mass is 10.3. The summed E-state index contributed by atoms with van der Waals surface area (Å²) in [5, 5.41) is 7.95. The van der Waals surface area contributed by atoms with Crippen molar-refractivity contribution in [1.29, 1.82) is 0 Å². The van der Waals surface area contributed by atoms with Gasteiger partial charge in [0.1, 0.15) is 0 Å². The number of nitrogens with one attached hydrogen (secondary N) is 1. The lowest BCUT2D eigenvalue weighted by Gasteiger charge is -2.00. The third-order valence-electron chi connectivity index (χ3n) is 1.32. The van der Waals surface area contributed by atoms with E-state index in [0.717, 1.165) is 6.54 Å². The van der Waals surface area contributed by atoms with Gasteiger partial charge in [0.25, 0.3) is 0 Å². The Balaban J connectivity index is 2.19. The van der Waals surface area contributed by atoms with Gasteiger partial charge in [0.2, 0.25) is 0 Å². The summed E-state index contributed by atoms with van der Waals surface area (Å²) < 4.78 is 0. The van der Waals surface area contributed by atoms with E-state index < -0.39 is 0 Å². The average molecular weight is 222 g/mol. The molecule has 0 fully saturated rings. The fraction of sp³-hybridized carbons (Fsp3) is 0.250. The SMILES string of the molecule is ClC=C(Cl)CNCc1ccsc1. The molecule has 0 unspecified atom stereocenters. The quantitative estimate of drug-likeness (QED) is 0.825. The van der Waals surface area contributed by atoms with Crippen molar-refractivity contribution < 1.29 is 0 Å². The molecule has 1 N–H and O–H groups in total. The van der Waals surface area contributed by atoms with Crippen molar-refractivity contribution in [2.24, 2.45) is 0 Å². The average Bonchev–Trinajstić information content (AvgIpc) is 2.57. The molecule has 1 rings (SSSR count). The molecule has 0 bridgehead atoms. The van der Waals surface area contributed by atoms with E-state index in [-0.39, 0.29) is 0 Å². The second-order valence-electron chi connectivity index (χ2n) is 2.29. The number of hydrogen-bond acceptors (Lipinski definition) is 2. The van der Waals surface area contributed by atoms with Crippen LogP contribution in [-0.4, -0.2) is 6.54 Å². The fourth-order valence-electron chi connectivity index (χ4n) is 0.758. The van der Waals surface area contributed by atoms with Crippen LogP contribution in [0.4, 0.5) is 0 Å². The molecule has 0 aliphatic heterocycles. The monoisotopic (exact) mass is 221 g/mol. The summed E-state index contributed by atoms with van der Waals surface area (Å²) in [7, 11) is 0. The summed E-state index contributed by atoms with van der Waals surface area (Å²) in [6.07, 6.45) is 0. The number of rotatable bonds is 4. The molecule has 0 atom stereocenters. The smallest absolute Gasteiger partial charge is 0.0432 e. The van der Waals surface area contributed by atoms with Crippen LogP contribution < -0.4 is 5.32 Å². The van der Waals surface area contributed by atoms with Crippen molar-refractivity contribution in [3.05, 3.63) is 33.0 Å². The van der Waals surface area contributed by atoms with E-state index in [9.17, 15) is 0 Å². The lowest BCUT2D eigenvalue weighted by molar-refractivity contribution is 0.757. The molecule has 1 aromatic rings. The predicted molar refractivity (Wildman–Crippen MR) is 55.8 cm³/mol. The van der Waals surface area contributed by atoms with E-state index in [1.54, 1.807) is 11.3 Å². The van der Waals surface area contributed by atoms with Crippen molar-refractivity contribution in [2.45, 2.75) is 6.54 Å². The van der Waals surface area contributed by atoms with E-state index in [4.69, 9.17) is 23.2 Å². The van der Waals surface area contributed by atoms with E-state index in [0.29, 0.717) is 11.6 Å². The molecule has 1 aromatic heterocycles. The standard InChI is InChI=1S/C8H9Cl2NS/c9-3-8(10)5-11-4-7-1-2-12-6-7/h1-3,6,11H,4-5H2. The van der Waals surface area contributed by atoms with E-state index in [1.807, 2.05) is 0 Å². The molecule has 0 aliphatic carbocycles. The molecule has 0 saturated heterocycles. The molecular weight excluding hydrogens is 213 g/mol. The van der Waals surface area contributed by atoms with E-state index >= 15 is 0 Å². The maximum atomic E-state index is 5.67. The first-order chi connectivity index (χ1) is 5.83. The van der Waals surface area contributed by atoms with Crippen LogP contribution in [0.2, 0.25) is 0 Å². The zero-order valence-electron chi connectivity index (χ0n) is 6.39. The minimum absolute atomic E-state index is 0.626. The van der Waals surface area contributed by atoms with Gasteiger partial charge in [-0.2, -0.15) is 11.3 Å². The Morgan fingerprint density at radius 3 is 3.08 bits per heavy atom. The van der Waals surface area contributed by atoms with Crippen molar-refractivity contribution in [3.63, 3.8) is 0 Å². The van der Waals surface area contributed by atoms with Crippen LogP contribution in [0.15, 0.2) is 27.4 Å². The van der Waals surface area contributed by atoms with Gasteiger partial charge in [-0.15, -0.1) is 0 Å². The van der Waals surface area contributed by atoms with Gasteiger partial charge >= 0.3 is 0 Å². The summed E-state index contributed by atoms with van der Waals surface area (Å²) in [5.41, 5.74) is 2.65. The third-order valence-corrected chi connectivity index (χ3v) is 2.67. The molecule has 1 heterocycles. The molecule has 0 spiro atoms. The van der Waals surface area contributed by atoms with Crippen molar-refractivity contribution in [1.82, 2.24) is 5.32 Å². The molecule has 0 amide bonds. The second kappa shape index (κ2) is 5.60. The highest BCUT2D eigenvalue weighted by Crippen LogP contribution is 2.06. The summed E-state index contributed by atoms with van der Waals surface area (Å²) >= 11 is 12.7. The Morgan fingerprint density at radius 2 is 2.50 bits per heavy atom. The Labute approximate surface area is 86.0 Å². The van der Waals surface area contributed by atoms with Gasteiger partial charge in [0, 0.05) is 23.7 Å². The van der Waals surface area contributed by atoms with E-state index in [2.05, 4.69) is 22.1 Å². The second-order valence-corrected chi connectivity index (χ2v) is 3.77. The van der Waals surface area contributed by atoms with Gasteiger partial charge in [-0.1, -0.05) is 23.2 Å². The van der Waals surface area contributed by atoms with Crippen LogP contribution in [0.25, 0.3) is 0 Å². The zero-order valence-corrected chi connectivity index (χ0v) is 8.72. The van der Waals surface area contributed by atoms with Crippen molar-refractivity contribution in [3.8, 4) is 0 Å². The Morgan fingerprint density at radius 1 is 1.67 bits per heavy atom. The molecule has 12 heavy (non-hydrogen) atoms. The molecular formula is C8H9Cl2NS. The van der Waals surface area contributed by atoms with Crippen molar-refractivity contribution >= 4 is 34.5 Å². The van der Waals surface area contributed by atoms with Crippen LogP contribution in [-0.2, 0) is 6.54 Å². The molecule has 0 aromatic carbocycles. The third kappa shape index (κ3) is 3.59. The Bertz CT molecular complexity index is 244. The summed E-state index contributed by atoms with van der Waals surface area (Å²) in [4.78, 5) is 0. The minimum atomic E-state index is 0.626. The van der Waals surface area contributed by atoms with Gasteiger partial charge in [0.15, 0.2) is 0 Å². The van der Waals surface area contributed by atoms with Gasteiger partial charge in [-0.25, -0.2) is 0 Å². The Hall–Kier alpha value is -0.0200. The van der Waals surface area contributed by atoms with Crippen LogP contribution >= 0.6 is 34.5 Å². The molecule has 4 heteroatoms. The van der Waals surface area contributed by atoms with Crippen LogP contribution in [0.5, 0.6) is 0 Å². The Kier molecular flexibility index (Phi) is 4.69. The maximum Gasteiger partial charge on any atom is 0.0432 e. The highest BCUT2D eigenvalue weighted by Gasteiger charge is 1.93. The predicted octanol–water partition coefficient (Wildman–Crippen LogP) is 3.16. The van der Waals surface area contributed by atoms with Crippen LogP contribution in [0.1, 0.15) is 5.56 Å². The highest BCUT2D eigenvalue weighted by atomic mass is 35.5. The van der Waals surface area contributed by atoms with Gasteiger partial charge < -0.3 is 5.32 Å². The largest absolute Gasteiger partial charge is 0.308 e. The zero-order chi connectivity index (χ0) is 8.81. The van der Waals surface area contributed by atoms with Crippen molar-refractivity contribution in [2.75, 3.05) is 6.54 Å². The summed E-state index contributed by atoms with van der Waals surface area (Å²) in [6, 6.07) is 2.08. The highest BCUT2D eigenvalue weighted by molar-refractivity contribution is 7.07. The summed E-state index contributed by atoms with van der Waals surface area (Å²) in [5.74, 6) is 0. The molecule has 0 saturated carbocycles.